The van der Waals surface area contributed by atoms with Crippen LogP contribution in [-0.2, 0) is 15.7 Å². The van der Waals surface area contributed by atoms with Crippen LogP contribution in [0.2, 0.25) is 5.02 Å². The van der Waals surface area contributed by atoms with Gasteiger partial charge in [0.15, 0.2) is 6.10 Å². The van der Waals surface area contributed by atoms with Gasteiger partial charge in [0.25, 0.3) is 5.91 Å². The van der Waals surface area contributed by atoms with Gasteiger partial charge < -0.3 is 10.1 Å². The van der Waals surface area contributed by atoms with Crippen molar-refractivity contribution in [2.75, 3.05) is 5.32 Å². The summed E-state index contributed by atoms with van der Waals surface area (Å²) in [5, 5.41) is 2.00. The second-order valence-electron chi connectivity index (χ2n) is 5.23. The molecule has 0 fully saturated rings. The number of nitrogens with one attached hydrogen (secondary N) is 1. The minimum absolute atomic E-state index is 0.117. The van der Waals surface area contributed by atoms with Gasteiger partial charge >= 0.3 is 12.1 Å². The summed E-state index contributed by atoms with van der Waals surface area (Å²) in [6.45, 7) is 1.27. The number of alkyl halides is 3. The van der Waals surface area contributed by atoms with Gasteiger partial charge in [-0.25, -0.2) is 4.79 Å². The summed E-state index contributed by atoms with van der Waals surface area (Å²) in [6, 6.07) is 9.45. The molecule has 0 bridgehead atoms. The van der Waals surface area contributed by atoms with E-state index in [1.807, 2.05) is 22.6 Å². The minimum Gasteiger partial charge on any atom is -0.449 e. The Labute approximate surface area is 165 Å². The molecule has 1 unspecified atom stereocenters. The van der Waals surface area contributed by atoms with Crippen molar-refractivity contribution < 1.29 is 27.5 Å². The Morgan fingerprint density at radius 1 is 1.19 bits per heavy atom. The van der Waals surface area contributed by atoms with Gasteiger partial charge in [-0.1, -0.05) is 17.7 Å². The van der Waals surface area contributed by atoms with Gasteiger partial charge in [0.05, 0.1) is 16.8 Å². The number of anilines is 1. The predicted molar refractivity (Wildman–Crippen MR) is 99.1 cm³/mol. The molecular formula is C17H12ClF3INO3. The molecule has 9 heteroatoms. The van der Waals surface area contributed by atoms with E-state index in [1.165, 1.54) is 19.1 Å². The Kier molecular flexibility index (Phi) is 6.51. The fourth-order valence-electron chi connectivity index (χ4n) is 1.99. The first-order chi connectivity index (χ1) is 12.1. The third kappa shape index (κ3) is 5.34. The highest BCUT2D eigenvalue weighted by atomic mass is 127. The summed E-state index contributed by atoms with van der Waals surface area (Å²) >= 11 is 7.60. The first-order valence-corrected chi connectivity index (χ1v) is 8.68. The van der Waals surface area contributed by atoms with Crippen molar-refractivity contribution in [1.29, 1.82) is 0 Å². The molecule has 0 radical (unpaired) electrons. The molecule has 0 aliphatic carbocycles. The Morgan fingerprint density at radius 2 is 1.88 bits per heavy atom. The van der Waals surface area contributed by atoms with Crippen LogP contribution in [0.1, 0.15) is 22.8 Å². The molecule has 2 aromatic carbocycles. The Hall–Kier alpha value is -1.81. The number of carbonyl (C=O) groups excluding carboxylic acids is 2. The van der Waals surface area contributed by atoms with Crippen LogP contribution in [0.4, 0.5) is 18.9 Å². The fraction of sp³-hybridized carbons (Fsp3) is 0.176. The highest BCUT2D eigenvalue weighted by Gasteiger charge is 2.34. The van der Waals surface area contributed by atoms with Crippen molar-refractivity contribution in [2.24, 2.45) is 0 Å². The monoisotopic (exact) mass is 497 g/mol. The number of halogens is 5. The summed E-state index contributed by atoms with van der Waals surface area (Å²) < 4.78 is 45.0. The third-order valence-corrected chi connectivity index (χ3v) is 4.16. The molecule has 0 saturated carbocycles. The first-order valence-electron chi connectivity index (χ1n) is 7.22. The van der Waals surface area contributed by atoms with Crippen molar-refractivity contribution >= 4 is 51.8 Å². The van der Waals surface area contributed by atoms with Gasteiger partial charge in [-0.15, -0.1) is 0 Å². The molecule has 0 heterocycles. The van der Waals surface area contributed by atoms with E-state index in [0.29, 0.717) is 6.07 Å². The van der Waals surface area contributed by atoms with Gasteiger partial charge in [-0.3, -0.25) is 4.79 Å². The topological polar surface area (TPSA) is 55.4 Å². The molecule has 0 aromatic heterocycles. The second kappa shape index (κ2) is 8.26. The van der Waals surface area contributed by atoms with Crippen LogP contribution in [-0.4, -0.2) is 18.0 Å². The average molecular weight is 498 g/mol. The van der Waals surface area contributed by atoms with E-state index < -0.39 is 35.4 Å². The van der Waals surface area contributed by atoms with E-state index in [-0.39, 0.29) is 10.6 Å². The lowest BCUT2D eigenvalue weighted by Gasteiger charge is -2.17. The number of ether oxygens (including phenoxy) is 1. The standard InChI is InChI=1S/C17H12ClF3INO3/c1-9(26-16(25)10-3-2-4-12(22)7-10)15(24)23-14-6-5-11(18)8-13(14)17(19,20)21/h2-9H,1H3,(H,23,24). The predicted octanol–water partition coefficient (Wildman–Crippen LogP) is 5.15. The smallest absolute Gasteiger partial charge is 0.418 e. The van der Waals surface area contributed by atoms with Crippen molar-refractivity contribution in [3.05, 3.63) is 62.2 Å². The highest BCUT2D eigenvalue weighted by molar-refractivity contribution is 14.1. The highest BCUT2D eigenvalue weighted by Crippen LogP contribution is 2.36. The lowest BCUT2D eigenvalue weighted by molar-refractivity contribution is -0.137. The quantitative estimate of drug-likeness (QED) is 0.470. The van der Waals surface area contributed by atoms with Gasteiger partial charge in [-0.2, -0.15) is 13.2 Å². The number of hydrogen-bond acceptors (Lipinski definition) is 3. The van der Waals surface area contributed by atoms with Crippen molar-refractivity contribution in [1.82, 2.24) is 0 Å². The maximum absolute atomic E-state index is 13.1. The Bertz CT molecular complexity index is 842. The maximum Gasteiger partial charge on any atom is 0.418 e. The van der Waals surface area contributed by atoms with Crippen LogP contribution in [0.15, 0.2) is 42.5 Å². The second-order valence-corrected chi connectivity index (χ2v) is 6.92. The zero-order valence-corrected chi connectivity index (χ0v) is 16.1. The van der Waals surface area contributed by atoms with E-state index >= 15 is 0 Å². The number of benzene rings is 2. The Morgan fingerprint density at radius 3 is 2.50 bits per heavy atom. The SMILES string of the molecule is CC(OC(=O)c1cccc(I)c1)C(=O)Nc1ccc(Cl)cc1C(F)(F)F. The molecule has 1 amide bonds. The largest absolute Gasteiger partial charge is 0.449 e. The number of hydrogen-bond donors (Lipinski definition) is 1. The summed E-state index contributed by atoms with van der Waals surface area (Å²) in [5.74, 6) is -1.64. The van der Waals surface area contributed by atoms with Crippen LogP contribution in [0, 0.1) is 3.57 Å². The molecule has 1 N–H and O–H groups in total. The summed E-state index contributed by atoms with van der Waals surface area (Å²) in [5.41, 5.74) is -1.32. The number of esters is 1. The van der Waals surface area contributed by atoms with Crippen molar-refractivity contribution in [3.63, 3.8) is 0 Å². The Balaban J connectivity index is 2.11. The maximum atomic E-state index is 13.1. The van der Waals surface area contributed by atoms with E-state index in [2.05, 4.69) is 5.32 Å². The summed E-state index contributed by atoms with van der Waals surface area (Å²) in [4.78, 5) is 24.2. The molecule has 4 nitrogen and oxygen atoms in total. The molecule has 138 valence electrons. The zero-order valence-electron chi connectivity index (χ0n) is 13.2. The van der Waals surface area contributed by atoms with Crippen LogP contribution in [0.5, 0.6) is 0 Å². The molecule has 0 spiro atoms. The summed E-state index contributed by atoms with van der Waals surface area (Å²) in [7, 11) is 0. The van der Waals surface area contributed by atoms with E-state index in [1.54, 1.807) is 18.2 Å². The van der Waals surface area contributed by atoms with E-state index in [9.17, 15) is 22.8 Å². The lowest BCUT2D eigenvalue weighted by Crippen LogP contribution is -2.30. The zero-order chi connectivity index (χ0) is 19.5. The average Bonchev–Trinajstić information content (AvgIpc) is 2.55. The molecule has 0 aliphatic rings. The van der Waals surface area contributed by atoms with Crippen molar-refractivity contribution in [3.8, 4) is 0 Å². The molecular weight excluding hydrogens is 486 g/mol. The van der Waals surface area contributed by atoms with Gasteiger partial charge in [0, 0.05) is 8.59 Å². The summed E-state index contributed by atoms with van der Waals surface area (Å²) in [6.07, 6.45) is -5.99. The molecule has 26 heavy (non-hydrogen) atoms. The van der Waals surface area contributed by atoms with E-state index in [4.69, 9.17) is 16.3 Å². The van der Waals surface area contributed by atoms with Crippen LogP contribution >= 0.6 is 34.2 Å². The fourth-order valence-corrected chi connectivity index (χ4v) is 2.71. The first kappa shape index (κ1) is 20.5. The van der Waals surface area contributed by atoms with Crippen LogP contribution in [0.3, 0.4) is 0 Å². The molecule has 2 aromatic rings. The number of carbonyl (C=O) groups is 2. The van der Waals surface area contributed by atoms with Crippen LogP contribution in [0.25, 0.3) is 0 Å². The van der Waals surface area contributed by atoms with Gasteiger partial charge in [-0.05, 0) is 65.9 Å². The van der Waals surface area contributed by atoms with Gasteiger partial charge in [0.2, 0.25) is 0 Å². The third-order valence-electron chi connectivity index (χ3n) is 3.26. The molecule has 0 aliphatic heterocycles. The molecule has 1 atom stereocenters. The molecule has 0 saturated heterocycles. The molecule has 2 rings (SSSR count). The van der Waals surface area contributed by atoms with Crippen LogP contribution < -0.4 is 5.32 Å². The lowest BCUT2D eigenvalue weighted by atomic mass is 10.1. The number of amides is 1. The number of rotatable bonds is 4. The van der Waals surface area contributed by atoms with Crippen molar-refractivity contribution in [2.45, 2.75) is 19.2 Å². The van der Waals surface area contributed by atoms with E-state index in [0.717, 1.165) is 9.64 Å². The minimum atomic E-state index is -4.70. The normalized spacial score (nSPS) is 12.4. The van der Waals surface area contributed by atoms with Gasteiger partial charge in [0.1, 0.15) is 0 Å².